The van der Waals surface area contributed by atoms with Gasteiger partial charge in [-0.15, -0.1) is 0 Å². The molecule has 168 valence electrons. The van der Waals surface area contributed by atoms with Crippen molar-refractivity contribution in [2.24, 2.45) is 0 Å². The fourth-order valence-corrected chi connectivity index (χ4v) is 3.62. The molecule has 15 heteroatoms. The lowest BCUT2D eigenvalue weighted by Gasteiger charge is -2.16. The third kappa shape index (κ3) is 6.11. The molecule has 0 amide bonds. The van der Waals surface area contributed by atoms with Gasteiger partial charge in [0.1, 0.15) is 24.1 Å². The number of nitrogens with one attached hydrogen (secondary N) is 1. The Hall–Kier alpha value is -2.30. The quantitative estimate of drug-likeness (QED) is 0.309. The van der Waals surface area contributed by atoms with Crippen LogP contribution in [0.15, 0.2) is 17.0 Å². The van der Waals surface area contributed by atoms with Crippen molar-refractivity contribution in [1.29, 1.82) is 5.26 Å². The summed E-state index contributed by atoms with van der Waals surface area (Å²) in [5.41, 5.74) is -7.20. The van der Waals surface area contributed by atoms with Crippen LogP contribution in [0.1, 0.15) is 18.2 Å². The molecule has 0 bridgehead atoms. The van der Waals surface area contributed by atoms with Gasteiger partial charge in [0.2, 0.25) is 0 Å². The van der Waals surface area contributed by atoms with E-state index < -0.39 is 73.7 Å². The Balaban J connectivity index is 2.69. The van der Waals surface area contributed by atoms with Gasteiger partial charge in [0.15, 0.2) is 5.69 Å². The van der Waals surface area contributed by atoms with Crippen LogP contribution >= 0.6 is 35.0 Å². The van der Waals surface area contributed by atoms with Crippen molar-refractivity contribution >= 4 is 46.8 Å². The van der Waals surface area contributed by atoms with E-state index in [1.54, 1.807) is 0 Å². The molecule has 0 saturated carbocycles. The second kappa shape index (κ2) is 9.46. The summed E-state index contributed by atoms with van der Waals surface area (Å²) in [5.74, 6) is -1.38. The van der Waals surface area contributed by atoms with Crippen LogP contribution in [0, 0.1) is 11.3 Å². The molecule has 2 rings (SSSR count). The summed E-state index contributed by atoms with van der Waals surface area (Å²) in [4.78, 5) is 10.9. The van der Waals surface area contributed by atoms with Gasteiger partial charge < -0.3 is 10.1 Å². The molecule has 6 nitrogen and oxygen atoms in total. The van der Waals surface area contributed by atoms with Crippen molar-refractivity contribution < 1.29 is 35.9 Å². The number of carbonyl (C=O) groups excluding carboxylic acids is 1. The molecule has 0 spiro atoms. The standard InChI is InChI=1S/C16H10Cl2F6N4O2S/c1-2-30-11(29)6-26-14-13(31-16(22,23)24)10(5-25)27-28(14)12-8(17)3-7(4-9(12)18)15(19,20)21/h3-4,26H,2,6H2,1H3. The lowest BCUT2D eigenvalue weighted by Crippen LogP contribution is -2.19. The minimum Gasteiger partial charge on any atom is -0.465 e. The van der Waals surface area contributed by atoms with E-state index >= 15 is 0 Å². The van der Waals surface area contributed by atoms with Gasteiger partial charge in [-0.1, -0.05) is 23.2 Å². The number of halogens is 8. The Morgan fingerprint density at radius 2 is 1.84 bits per heavy atom. The van der Waals surface area contributed by atoms with Gasteiger partial charge in [-0.05, 0) is 30.8 Å². The number of rotatable bonds is 6. The maximum absolute atomic E-state index is 13.0. The fourth-order valence-electron chi connectivity index (χ4n) is 2.31. The van der Waals surface area contributed by atoms with Gasteiger partial charge in [-0.3, -0.25) is 4.79 Å². The molecule has 2 aromatic rings. The first-order valence-corrected chi connectivity index (χ1v) is 9.60. The Morgan fingerprint density at radius 3 is 2.29 bits per heavy atom. The number of nitriles is 1. The number of thioether (sulfide) groups is 1. The highest BCUT2D eigenvalue weighted by Crippen LogP contribution is 2.45. The van der Waals surface area contributed by atoms with Crippen LogP contribution < -0.4 is 5.32 Å². The largest absolute Gasteiger partial charge is 0.465 e. The molecule has 0 aliphatic rings. The topological polar surface area (TPSA) is 79.9 Å². The third-order valence-corrected chi connectivity index (χ3v) is 4.83. The highest BCUT2D eigenvalue weighted by atomic mass is 35.5. The zero-order valence-electron chi connectivity index (χ0n) is 15.2. The van der Waals surface area contributed by atoms with E-state index in [4.69, 9.17) is 23.2 Å². The molecule has 0 fully saturated rings. The second-order valence-corrected chi connectivity index (χ2v) is 7.43. The number of ether oxygens (including phenoxy) is 1. The number of alkyl halides is 6. The van der Waals surface area contributed by atoms with Crippen LogP contribution in [0.4, 0.5) is 32.2 Å². The second-order valence-electron chi connectivity index (χ2n) is 5.54. The van der Waals surface area contributed by atoms with Gasteiger partial charge in [0.05, 0.1) is 27.1 Å². The van der Waals surface area contributed by atoms with Gasteiger partial charge in [-0.2, -0.15) is 36.7 Å². The summed E-state index contributed by atoms with van der Waals surface area (Å²) in [5, 5.41) is 14.1. The molecule has 1 aromatic carbocycles. The number of hydrogen-bond acceptors (Lipinski definition) is 6. The van der Waals surface area contributed by atoms with Crippen LogP contribution in [-0.2, 0) is 15.7 Å². The van der Waals surface area contributed by atoms with Gasteiger partial charge in [0.25, 0.3) is 0 Å². The van der Waals surface area contributed by atoms with E-state index in [0.717, 1.165) is 0 Å². The van der Waals surface area contributed by atoms with Crippen molar-refractivity contribution in [1.82, 2.24) is 9.78 Å². The molecule has 1 heterocycles. The van der Waals surface area contributed by atoms with Crippen LogP contribution in [0.25, 0.3) is 5.69 Å². The van der Waals surface area contributed by atoms with E-state index in [9.17, 15) is 36.4 Å². The number of hydrogen-bond donors (Lipinski definition) is 1. The molecule has 1 aromatic heterocycles. The highest BCUT2D eigenvalue weighted by molar-refractivity contribution is 8.00. The number of esters is 1. The Morgan fingerprint density at radius 1 is 1.26 bits per heavy atom. The zero-order chi connectivity index (χ0) is 23.6. The predicted octanol–water partition coefficient (Wildman–Crippen LogP) is 5.66. The third-order valence-electron chi connectivity index (χ3n) is 3.43. The van der Waals surface area contributed by atoms with Crippen LogP contribution in [-0.4, -0.2) is 34.4 Å². The van der Waals surface area contributed by atoms with Crippen molar-refractivity contribution in [2.45, 2.75) is 23.5 Å². The van der Waals surface area contributed by atoms with Crippen molar-refractivity contribution in [2.75, 3.05) is 18.5 Å². The summed E-state index contributed by atoms with van der Waals surface area (Å²) >= 11 is 11.1. The number of aromatic nitrogens is 2. The van der Waals surface area contributed by atoms with Crippen molar-refractivity contribution in [3.8, 4) is 11.8 Å². The van der Waals surface area contributed by atoms with Crippen molar-refractivity contribution in [3.05, 3.63) is 33.4 Å². The lowest BCUT2D eigenvalue weighted by molar-refractivity contribution is -0.141. The predicted molar refractivity (Wildman–Crippen MR) is 100 cm³/mol. The maximum atomic E-state index is 13.0. The average Bonchev–Trinajstić information content (AvgIpc) is 2.94. The number of benzene rings is 1. The monoisotopic (exact) mass is 506 g/mol. The molecule has 0 atom stereocenters. The van der Waals surface area contributed by atoms with E-state index in [0.29, 0.717) is 16.8 Å². The van der Waals surface area contributed by atoms with Crippen LogP contribution in [0.2, 0.25) is 10.0 Å². The highest BCUT2D eigenvalue weighted by Gasteiger charge is 2.36. The summed E-state index contributed by atoms with van der Waals surface area (Å²) in [6, 6.07) is 2.47. The van der Waals surface area contributed by atoms with Crippen LogP contribution in [0.3, 0.4) is 0 Å². The molecule has 0 radical (unpaired) electrons. The first-order chi connectivity index (χ1) is 14.3. The average molecular weight is 507 g/mol. The smallest absolute Gasteiger partial charge is 0.446 e. The molecule has 0 aliphatic carbocycles. The van der Waals surface area contributed by atoms with E-state index in [-0.39, 0.29) is 6.61 Å². The lowest BCUT2D eigenvalue weighted by atomic mass is 10.2. The number of nitrogens with zero attached hydrogens (tertiary/aromatic N) is 3. The zero-order valence-corrected chi connectivity index (χ0v) is 17.5. The van der Waals surface area contributed by atoms with Crippen LogP contribution in [0.5, 0.6) is 0 Å². The minimum absolute atomic E-state index is 0.00998. The Kier molecular flexibility index (Phi) is 7.61. The normalized spacial score (nSPS) is 11.9. The molecular weight excluding hydrogens is 497 g/mol. The summed E-state index contributed by atoms with van der Waals surface area (Å²) in [7, 11) is 0. The maximum Gasteiger partial charge on any atom is 0.446 e. The van der Waals surface area contributed by atoms with E-state index in [1.165, 1.54) is 13.0 Å². The summed E-state index contributed by atoms with van der Waals surface area (Å²) in [6.07, 6.45) is -4.80. The number of carbonyl (C=O) groups is 1. The van der Waals surface area contributed by atoms with Gasteiger partial charge in [0, 0.05) is 0 Å². The molecule has 1 N–H and O–H groups in total. The summed E-state index contributed by atoms with van der Waals surface area (Å²) in [6.45, 7) is 0.859. The molecule has 0 unspecified atom stereocenters. The van der Waals surface area contributed by atoms with E-state index in [2.05, 4.69) is 15.2 Å². The molecule has 31 heavy (non-hydrogen) atoms. The fraction of sp³-hybridized carbons (Fsp3) is 0.312. The number of anilines is 1. The Labute approximate surface area is 185 Å². The summed E-state index contributed by atoms with van der Waals surface area (Å²) < 4.78 is 83.3. The van der Waals surface area contributed by atoms with Crippen molar-refractivity contribution in [3.63, 3.8) is 0 Å². The first-order valence-electron chi connectivity index (χ1n) is 8.03. The minimum atomic E-state index is -4.85. The molecule has 0 aliphatic heterocycles. The SMILES string of the molecule is CCOC(=O)CNc1c(SC(F)(F)F)c(C#N)nn1-c1c(Cl)cc(C(F)(F)F)cc1Cl. The molecular formula is C16H10Cl2F6N4O2S. The van der Waals surface area contributed by atoms with Gasteiger partial charge in [-0.25, -0.2) is 4.68 Å². The first kappa shape index (κ1) is 25.0. The Bertz CT molecular complexity index is 1010. The van der Waals surface area contributed by atoms with Gasteiger partial charge >= 0.3 is 17.7 Å². The van der Waals surface area contributed by atoms with E-state index in [1.807, 2.05) is 0 Å². The molecule has 0 saturated heterocycles.